The number of hydrogen-bond acceptors (Lipinski definition) is 5. The third kappa shape index (κ3) is 7.68. The first kappa shape index (κ1) is 19.7. The fourth-order valence-electron chi connectivity index (χ4n) is 1.71. The summed E-state index contributed by atoms with van der Waals surface area (Å²) in [7, 11) is 0. The van der Waals surface area contributed by atoms with Gasteiger partial charge in [0.2, 0.25) is 5.91 Å². The average Bonchev–Trinajstić information content (AvgIpc) is 2.53. The zero-order chi connectivity index (χ0) is 18.8. The molecule has 0 radical (unpaired) electrons. The first-order valence-corrected chi connectivity index (χ1v) is 7.47. The van der Waals surface area contributed by atoms with Gasteiger partial charge in [-0.25, -0.2) is 4.79 Å². The van der Waals surface area contributed by atoms with Crippen LogP contribution in [0.4, 0.5) is 5.69 Å². The van der Waals surface area contributed by atoms with E-state index in [0.29, 0.717) is 11.3 Å². The fourth-order valence-corrected chi connectivity index (χ4v) is 1.71. The molecule has 10 nitrogen and oxygen atoms in total. The summed E-state index contributed by atoms with van der Waals surface area (Å²) in [6, 6.07) is 6.53. The van der Waals surface area contributed by atoms with E-state index in [9.17, 15) is 14.4 Å². The molecule has 6 N–H and O–H groups in total. The Bertz CT molecular complexity index is 684. The number of carboxylic acid groups (broad SMARTS) is 1. The van der Waals surface area contributed by atoms with E-state index in [4.69, 9.17) is 16.2 Å². The Kier molecular flexibility index (Phi) is 7.70. The molecule has 0 aliphatic carbocycles. The molecule has 0 aromatic heterocycles. The Labute approximate surface area is 144 Å². The fraction of sp³-hybridized carbons (Fsp3) is 0.333. The van der Waals surface area contributed by atoms with Crippen LogP contribution in [0.2, 0.25) is 0 Å². The molecule has 0 saturated carbocycles. The molecule has 0 aliphatic heterocycles. The van der Waals surface area contributed by atoms with Gasteiger partial charge < -0.3 is 16.2 Å². The van der Waals surface area contributed by atoms with Gasteiger partial charge in [0, 0.05) is 12.1 Å². The number of hydrogen-bond donors (Lipinski definition) is 5. The smallest absolute Gasteiger partial charge is 0.437 e. The molecule has 0 spiro atoms. The molecule has 1 aromatic carbocycles. The zero-order valence-electron chi connectivity index (χ0n) is 13.8. The van der Waals surface area contributed by atoms with Crippen LogP contribution in [-0.4, -0.2) is 46.6 Å². The highest BCUT2D eigenvalue weighted by Crippen LogP contribution is 2.09. The van der Waals surface area contributed by atoms with E-state index < -0.39 is 5.97 Å². The summed E-state index contributed by atoms with van der Waals surface area (Å²) in [6.45, 7) is 1.41. The number of anilines is 1. The molecule has 0 bridgehead atoms. The minimum Gasteiger partial charge on any atom is -0.481 e. The number of azo groups is 1. The maximum absolute atomic E-state index is 11.6. The zero-order valence-corrected chi connectivity index (χ0v) is 13.8. The van der Waals surface area contributed by atoms with Crippen LogP contribution in [0, 0.1) is 5.41 Å². The Balaban J connectivity index is 2.56. The number of carbonyl (C=O) groups is 3. The quantitative estimate of drug-likeness (QED) is 0.141. The van der Waals surface area contributed by atoms with Crippen molar-refractivity contribution in [3.63, 3.8) is 0 Å². The van der Waals surface area contributed by atoms with Gasteiger partial charge in [-0.05, 0) is 29.4 Å². The summed E-state index contributed by atoms with van der Waals surface area (Å²) in [6.07, 6.45) is -0.130. The topological polar surface area (TPSA) is 161 Å². The third-order valence-electron chi connectivity index (χ3n) is 2.97. The van der Waals surface area contributed by atoms with E-state index in [1.807, 2.05) is 0 Å². The predicted molar refractivity (Wildman–Crippen MR) is 89.2 cm³/mol. The van der Waals surface area contributed by atoms with Gasteiger partial charge in [-0.1, -0.05) is 0 Å². The summed E-state index contributed by atoms with van der Waals surface area (Å²) in [5.74, 6) is -1.78. The Hall–Kier alpha value is -3.30. The number of hydrazine groups is 1. The predicted octanol–water partition coefficient (Wildman–Crippen LogP) is 0.290. The monoisotopic (exact) mass is 349 g/mol. The summed E-state index contributed by atoms with van der Waals surface area (Å²) in [4.78, 5) is 34.5. The highest BCUT2D eigenvalue weighted by atomic mass is 16.4. The van der Waals surface area contributed by atoms with Gasteiger partial charge in [-0.2, -0.15) is 0 Å². The summed E-state index contributed by atoms with van der Waals surface area (Å²) >= 11 is 0. The largest absolute Gasteiger partial charge is 0.481 e. The number of rotatable bonds is 9. The van der Waals surface area contributed by atoms with Crippen molar-refractivity contribution < 1.29 is 24.3 Å². The molecule has 0 saturated heterocycles. The number of nitrogens with two attached hydrogens (primary N) is 1. The highest BCUT2D eigenvalue weighted by Gasteiger charge is 2.15. The van der Waals surface area contributed by atoms with Gasteiger partial charge in [0.05, 0.1) is 30.3 Å². The molecular weight excluding hydrogens is 328 g/mol. The number of nitrogens with one attached hydrogen (secondary N) is 3. The van der Waals surface area contributed by atoms with E-state index in [-0.39, 0.29) is 43.6 Å². The van der Waals surface area contributed by atoms with Crippen LogP contribution >= 0.6 is 0 Å². The molecule has 0 fully saturated rings. The Morgan fingerprint density at radius 1 is 1.24 bits per heavy atom. The minimum atomic E-state index is -0.993. The number of aliphatic carboxylic acids is 1. The van der Waals surface area contributed by atoms with Crippen LogP contribution in [0.5, 0.6) is 0 Å². The number of nitrogens with zero attached hydrogens (tertiary/aromatic N) is 2. The molecule has 10 heteroatoms. The van der Waals surface area contributed by atoms with E-state index in [0.717, 1.165) is 4.81 Å². The van der Waals surface area contributed by atoms with Crippen LogP contribution in [0.1, 0.15) is 25.3 Å². The van der Waals surface area contributed by atoms with E-state index in [1.54, 1.807) is 24.3 Å². The van der Waals surface area contributed by atoms with E-state index in [2.05, 4.69) is 15.9 Å². The molecule has 2 amide bonds. The number of amides is 2. The van der Waals surface area contributed by atoms with Crippen LogP contribution in [0.15, 0.2) is 29.4 Å². The standard InChI is InChI=1S/C15H20N6O4/c1-10(22)21(19-9-6-13(23)18-8-7-14(24)25)20-12-4-2-11(3-5-12)15(16)17/h2-5H,6-9H2,1H3,(H5-,16,17,18,19,20,23,24,25)/p+1. The highest BCUT2D eigenvalue weighted by molar-refractivity contribution is 5.95. The van der Waals surface area contributed by atoms with Gasteiger partial charge in [-0.15, -0.1) is 5.43 Å². The maximum atomic E-state index is 11.6. The first-order valence-electron chi connectivity index (χ1n) is 7.47. The van der Waals surface area contributed by atoms with Crippen molar-refractivity contribution in [2.24, 2.45) is 10.8 Å². The van der Waals surface area contributed by atoms with Crippen molar-refractivity contribution in [2.45, 2.75) is 19.8 Å². The molecule has 134 valence electrons. The van der Waals surface area contributed by atoms with Crippen LogP contribution in [0.25, 0.3) is 0 Å². The minimum absolute atomic E-state index is 0.0222. The van der Waals surface area contributed by atoms with Gasteiger partial charge in [0.25, 0.3) is 0 Å². The lowest BCUT2D eigenvalue weighted by Crippen LogP contribution is -2.27. The van der Waals surface area contributed by atoms with Crippen molar-refractivity contribution in [2.75, 3.05) is 18.5 Å². The normalized spacial score (nSPS) is 10.8. The second-order valence-electron chi connectivity index (χ2n) is 5.04. The molecule has 0 atom stereocenters. The second-order valence-corrected chi connectivity index (χ2v) is 5.04. The summed E-state index contributed by atoms with van der Waals surface area (Å²) in [5, 5.41) is 22.2. The van der Waals surface area contributed by atoms with Gasteiger partial charge in [0.15, 0.2) is 0 Å². The van der Waals surface area contributed by atoms with E-state index in [1.165, 1.54) is 6.92 Å². The van der Waals surface area contributed by atoms with Crippen molar-refractivity contribution in [1.29, 1.82) is 5.41 Å². The lowest BCUT2D eigenvalue weighted by atomic mass is 10.2. The number of benzene rings is 1. The SMILES string of the molecule is CC(=O)[N+](=NCCC(=O)NCCC(=O)O)Nc1ccc(C(=N)N)cc1. The Morgan fingerprint density at radius 3 is 2.40 bits per heavy atom. The van der Waals surface area contributed by atoms with Crippen molar-refractivity contribution in [3.8, 4) is 0 Å². The van der Waals surface area contributed by atoms with Gasteiger partial charge in [0.1, 0.15) is 12.4 Å². The van der Waals surface area contributed by atoms with Crippen LogP contribution in [0.3, 0.4) is 0 Å². The number of carbonyl (C=O) groups excluding carboxylic acids is 2. The lowest BCUT2D eigenvalue weighted by Gasteiger charge is -2.02. The van der Waals surface area contributed by atoms with Crippen molar-refractivity contribution in [3.05, 3.63) is 29.8 Å². The summed E-state index contributed by atoms with van der Waals surface area (Å²) in [5.41, 5.74) is 9.26. The number of carboxylic acids is 1. The van der Waals surface area contributed by atoms with Crippen molar-refractivity contribution >= 4 is 29.3 Å². The molecule has 25 heavy (non-hydrogen) atoms. The second kappa shape index (κ2) is 9.75. The van der Waals surface area contributed by atoms with Crippen LogP contribution in [-0.2, 0) is 14.4 Å². The molecule has 1 aromatic rings. The molecule has 1 rings (SSSR count). The summed E-state index contributed by atoms with van der Waals surface area (Å²) < 4.78 is 0. The molecular formula is C15H21N6O4+. The Morgan fingerprint density at radius 2 is 1.88 bits per heavy atom. The molecule has 0 heterocycles. The van der Waals surface area contributed by atoms with E-state index >= 15 is 0 Å². The molecule has 0 aliphatic rings. The first-order chi connectivity index (χ1) is 11.8. The maximum Gasteiger partial charge on any atom is 0.437 e. The van der Waals surface area contributed by atoms with Gasteiger partial charge in [-0.3, -0.25) is 15.0 Å². The van der Waals surface area contributed by atoms with Gasteiger partial charge >= 0.3 is 11.9 Å². The molecule has 0 unspecified atom stereocenters. The number of nitrogen functional groups attached to an aromatic ring is 1. The average molecular weight is 349 g/mol. The lowest BCUT2D eigenvalue weighted by molar-refractivity contribution is -0.484. The third-order valence-corrected chi connectivity index (χ3v) is 2.97. The number of amidine groups is 1. The van der Waals surface area contributed by atoms with Crippen LogP contribution < -0.4 is 16.5 Å². The van der Waals surface area contributed by atoms with Crippen molar-refractivity contribution in [1.82, 2.24) is 5.32 Å².